The number of rotatable bonds is 7. The zero-order valence-corrected chi connectivity index (χ0v) is 16.5. The van der Waals surface area contributed by atoms with Gasteiger partial charge in [-0.2, -0.15) is 0 Å². The van der Waals surface area contributed by atoms with Crippen LogP contribution in [0.25, 0.3) is 0 Å². The molecule has 29 heavy (non-hydrogen) atoms. The van der Waals surface area contributed by atoms with Crippen LogP contribution in [0.3, 0.4) is 0 Å². The Morgan fingerprint density at radius 3 is 1.79 bits per heavy atom. The van der Waals surface area contributed by atoms with Gasteiger partial charge in [0.15, 0.2) is 5.60 Å². The minimum atomic E-state index is -3.74. The molecule has 0 aliphatic rings. The SMILES string of the molecule is NS(=O)(=O)c1ccc(CCNC(=O)C(O)(c2ccccc2)c2ccccc2)cc1. The fourth-order valence-corrected chi connectivity index (χ4v) is 3.60. The highest BCUT2D eigenvalue weighted by Crippen LogP contribution is 2.29. The largest absolute Gasteiger partial charge is 0.372 e. The summed E-state index contributed by atoms with van der Waals surface area (Å²) in [5.41, 5.74) is -0.0388. The summed E-state index contributed by atoms with van der Waals surface area (Å²) in [6.07, 6.45) is 0.469. The van der Waals surface area contributed by atoms with Crippen molar-refractivity contribution in [1.82, 2.24) is 5.32 Å². The number of sulfonamides is 1. The molecule has 1 amide bonds. The zero-order valence-electron chi connectivity index (χ0n) is 15.7. The van der Waals surface area contributed by atoms with Crippen LogP contribution in [-0.2, 0) is 26.8 Å². The topological polar surface area (TPSA) is 109 Å². The van der Waals surface area contributed by atoms with Crippen LogP contribution in [0.15, 0.2) is 89.8 Å². The van der Waals surface area contributed by atoms with Crippen molar-refractivity contribution in [2.75, 3.05) is 6.54 Å². The molecular weight excluding hydrogens is 388 g/mol. The Bertz CT molecular complexity index is 1030. The Balaban J connectivity index is 1.75. The highest BCUT2D eigenvalue weighted by molar-refractivity contribution is 7.89. The van der Waals surface area contributed by atoms with Gasteiger partial charge in [-0.15, -0.1) is 0 Å². The summed E-state index contributed by atoms with van der Waals surface area (Å²) in [6, 6.07) is 23.7. The molecule has 0 heterocycles. The van der Waals surface area contributed by atoms with E-state index in [9.17, 15) is 18.3 Å². The van der Waals surface area contributed by atoms with Crippen LogP contribution < -0.4 is 10.5 Å². The highest BCUT2D eigenvalue weighted by Gasteiger charge is 2.39. The van der Waals surface area contributed by atoms with E-state index >= 15 is 0 Å². The molecule has 0 bridgehead atoms. The maximum atomic E-state index is 13.0. The van der Waals surface area contributed by atoms with Gasteiger partial charge in [-0.05, 0) is 35.2 Å². The minimum absolute atomic E-state index is 0.0350. The van der Waals surface area contributed by atoms with Crippen LogP contribution >= 0.6 is 0 Å². The first kappa shape index (κ1) is 20.7. The van der Waals surface area contributed by atoms with E-state index in [-0.39, 0.29) is 11.4 Å². The second-order valence-corrected chi connectivity index (χ2v) is 8.20. The number of hydrogen-bond donors (Lipinski definition) is 3. The Hall–Kier alpha value is -3.00. The van der Waals surface area contributed by atoms with Gasteiger partial charge in [0.1, 0.15) is 0 Å². The predicted molar refractivity (Wildman–Crippen MR) is 110 cm³/mol. The molecule has 3 aromatic rings. The molecule has 0 saturated carbocycles. The van der Waals surface area contributed by atoms with Crippen molar-refractivity contribution in [2.45, 2.75) is 16.9 Å². The molecule has 6 nitrogen and oxygen atoms in total. The Kier molecular flexibility index (Phi) is 6.12. The summed E-state index contributed by atoms with van der Waals surface area (Å²) in [5.74, 6) is -0.531. The lowest BCUT2D eigenvalue weighted by Crippen LogP contribution is -2.46. The quantitative estimate of drug-likeness (QED) is 0.553. The molecule has 0 saturated heterocycles. The minimum Gasteiger partial charge on any atom is -0.372 e. The molecule has 0 atom stereocenters. The summed E-state index contributed by atoms with van der Waals surface area (Å²) in [6.45, 7) is 0.273. The molecule has 0 unspecified atom stereocenters. The average molecular weight is 410 g/mol. The molecular formula is C22H22N2O4S. The first-order valence-electron chi connectivity index (χ1n) is 9.05. The third-order valence-corrected chi connectivity index (χ3v) is 5.59. The van der Waals surface area contributed by atoms with Crippen LogP contribution in [0.2, 0.25) is 0 Å². The van der Waals surface area contributed by atoms with Crippen LogP contribution in [-0.4, -0.2) is 26.0 Å². The number of primary sulfonamides is 1. The van der Waals surface area contributed by atoms with E-state index in [1.165, 1.54) is 12.1 Å². The number of hydrogen-bond acceptors (Lipinski definition) is 4. The van der Waals surface area contributed by atoms with Crippen molar-refractivity contribution < 1.29 is 18.3 Å². The maximum Gasteiger partial charge on any atom is 0.261 e. The lowest BCUT2D eigenvalue weighted by molar-refractivity contribution is -0.136. The standard InChI is InChI=1S/C22H22N2O4S/c23-29(27,28)20-13-11-17(12-14-20)15-16-24-21(25)22(26,18-7-3-1-4-8-18)19-9-5-2-6-10-19/h1-14,26H,15-16H2,(H,24,25)(H2,23,27,28). The van der Waals surface area contributed by atoms with E-state index in [4.69, 9.17) is 5.14 Å². The van der Waals surface area contributed by atoms with Gasteiger partial charge in [-0.25, -0.2) is 13.6 Å². The van der Waals surface area contributed by atoms with Crippen molar-refractivity contribution in [2.24, 2.45) is 5.14 Å². The average Bonchev–Trinajstić information content (AvgIpc) is 2.74. The highest BCUT2D eigenvalue weighted by atomic mass is 32.2. The normalized spacial score (nSPS) is 11.8. The molecule has 4 N–H and O–H groups in total. The zero-order chi connectivity index (χ0) is 20.9. The summed E-state index contributed by atoms with van der Waals surface area (Å²) < 4.78 is 22.6. The van der Waals surface area contributed by atoms with E-state index in [2.05, 4.69) is 5.32 Å². The van der Waals surface area contributed by atoms with Gasteiger partial charge >= 0.3 is 0 Å². The monoisotopic (exact) mass is 410 g/mol. The maximum absolute atomic E-state index is 13.0. The Morgan fingerprint density at radius 1 is 0.862 bits per heavy atom. The first-order valence-corrected chi connectivity index (χ1v) is 10.6. The molecule has 0 fully saturated rings. The molecule has 3 rings (SSSR count). The van der Waals surface area contributed by atoms with Gasteiger partial charge in [0.05, 0.1) is 4.90 Å². The lowest BCUT2D eigenvalue weighted by atomic mass is 9.85. The van der Waals surface area contributed by atoms with Crippen LogP contribution in [0.4, 0.5) is 0 Å². The van der Waals surface area contributed by atoms with Crippen molar-refractivity contribution in [3.63, 3.8) is 0 Å². The van der Waals surface area contributed by atoms with Crippen LogP contribution in [0.5, 0.6) is 0 Å². The van der Waals surface area contributed by atoms with Crippen molar-refractivity contribution in [3.05, 3.63) is 102 Å². The Morgan fingerprint density at radius 2 is 1.34 bits per heavy atom. The molecule has 3 aromatic carbocycles. The van der Waals surface area contributed by atoms with E-state index in [0.29, 0.717) is 17.5 Å². The fraction of sp³-hybridized carbons (Fsp3) is 0.136. The fourth-order valence-electron chi connectivity index (χ4n) is 3.08. The molecule has 150 valence electrons. The summed E-state index contributed by atoms with van der Waals surface area (Å²) >= 11 is 0. The van der Waals surface area contributed by atoms with Crippen LogP contribution in [0, 0.1) is 0 Å². The second-order valence-electron chi connectivity index (χ2n) is 6.64. The molecule has 7 heteroatoms. The van der Waals surface area contributed by atoms with Gasteiger partial charge in [0.2, 0.25) is 10.0 Å². The molecule has 0 aliphatic heterocycles. The van der Waals surface area contributed by atoms with Crippen LogP contribution in [0.1, 0.15) is 16.7 Å². The molecule has 0 aromatic heterocycles. The van der Waals surface area contributed by atoms with Crippen molar-refractivity contribution >= 4 is 15.9 Å². The van der Waals surface area contributed by atoms with Gasteiger partial charge in [-0.1, -0.05) is 72.8 Å². The number of nitrogens with two attached hydrogens (primary N) is 1. The molecule has 0 spiro atoms. The number of benzene rings is 3. The first-order chi connectivity index (χ1) is 13.8. The predicted octanol–water partition coefficient (Wildman–Crippen LogP) is 1.93. The summed E-state index contributed by atoms with van der Waals surface area (Å²) in [5, 5.41) is 19.2. The van der Waals surface area contributed by atoms with Crippen molar-refractivity contribution in [3.8, 4) is 0 Å². The number of nitrogens with one attached hydrogen (secondary N) is 1. The van der Waals surface area contributed by atoms with Gasteiger partial charge < -0.3 is 10.4 Å². The number of carbonyl (C=O) groups is 1. The van der Waals surface area contributed by atoms with Gasteiger partial charge in [0, 0.05) is 6.54 Å². The summed E-state index contributed by atoms with van der Waals surface area (Å²) in [4.78, 5) is 13.0. The molecule has 0 aliphatic carbocycles. The van der Waals surface area contributed by atoms with E-state index < -0.39 is 21.5 Å². The number of carbonyl (C=O) groups excluding carboxylic acids is 1. The summed E-state index contributed by atoms with van der Waals surface area (Å²) in [7, 11) is -3.74. The van der Waals surface area contributed by atoms with E-state index in [1.54, 1.807) is 60.7 Å². The number of aliphatic hydroxyl groups is 1. The van der Waals surface area contributed by atoms with E-state index in [0.717, 1.165) is 5.56 Å². The van der Waals surface area contributed by atoms with E-state index in [1.807, 2.05) is 12.1 Å². The van der Waals surface area contributed by atoms with Gasteiger partial charge in [-0.3, -0.25) is 4.79 Å². The lowest BCUT2D eigenvalue weighted by Gasteiger charge is -2.28. The van der Waals surface area contributed by atoms with Crippen molar-refractivity contribution in [1.29, 1.82) is 0 Å². The number of amides is 1. The Labute approximate surface area is 170 Å². The third kappa shape index (κ3) is 4.71. The second kappa shape index (κ2) is 8.57. The van der Waals surface area contributed by atoms with Gasteiger partial charge in [0.25, 0.3) is 5.91 Å². The third-order valence-electron chi connectivity index (χ3n) is 4.66. The smallest absolute Gasteiger partial charge is 0.261 e. The molecule has 0 radical (unpaired) electrons.